The van der Waals surface area contributed by atoms with Crippen molar-refractivity contribution < 1.29 is 28.2 Å². The van der Waals surface area contributed by atoms with Crippen molar-refractivity contribution in [2.45, 2.75) is 50.6 Å². The molecule has 1 amide bonds. The largest absolute Gasteiger partial charge is 0.478 e. The van der Waals surface area contributed by atoms with Crippen LogP contribution in [-0.4, -0.2) is 47.7 Å². The number of rotatable bonds is 5. The minimum absolute atomic E-state index is 0.0102. The van der Waals surface area contributed by atoms with Gasteiger partial charge in [-0.15, -0.1) is 0 Å². The van der Waals surface area contributed by atoms with Crippen molar-refractivity contribution in [1.82, 2.24) is 4.90 Å². The van der Waals surface area contributed by atoms with E-state index >= 15 is 0 Å². The van der Waals surface area contributed by atoms with E-state index < -0.39 is 12.4 Å². The van der Waals surface area contributed by atoms with Crippen molar-refractivity contribution in [3.63, 3.8) is 0 Å². The number of carbonyl (C=O) groups excluding carboxylic acids is 1. The molecule has 5 rings (SSSR count). The van der Waals surface area contributed by atoms with Gasteiger partial charge in [0.25, 0.3) is 12.3 Å². The first kappa shape index (κ1) is 22.0. The summed E-state index contributed by atoms with van der Waals surface area (Å²) in [5.74, 6) is -0.605. The smallest absolute Gasteiger partial charge is 0.335 e. The van der Waals surface area contributed by atoms with Gasteiger partial charge in [-0.3, -0.25) is 4.79 Å². The first-order chi connectivity index (χ1) is 15.9. The number of carbonyl (C=O) groups is 2. The number of alkyl halides is 2. The maximum absolute atomic E-state index is 13.5. The van der Waals surface area contributed by atoms with E-state index in [9.17, 15) is 23.5 Å². The summed E-state index contributed by atoms with van der Waals surface area (Å²) in [4.78, 5) is 25.9. The maximum Gasteiger partial charge on any atom is 0.335 e. The molecule has 0 aromatic heterocycles. The van der Waals surface area contributed by atoms with Gasteiger partial charge in [-0.1, -0.05) is 30.3 Å². The fourth-order valence-corrected chi connectivity index (χ4v) is 5.54. The van der Waals surface area contributed by atoms with Crippen LogP contribution < -0.4 is 0 Å². The minimum atomic E-state index is -2.68. The maximum atomic E-state index is 13.5. The molecule has 3 aliphatic rings. The molecule has 2 aromatic carbocycles. The quantitative estimate of drug-likeness (QED) is 0.668. The molecule has 5 nitrogen and oxygen atoms in total. The van der Waals surface area contributed by atoms with Crippen molar-refractivity contribution in [2.24, 2.45) is 5.41 Å². The topological polar surface area (TPSA) is 66.8 Å². The van der Waals surface area contributed by atoms with Gasteiger partial charge >= 0.3 is 5.97 Å². The van der Waals surface area contributed by atoms with Crippen molar-refractivity contribution in [3.8, 4) is 11.1 Å². The predicted molar refractivity (Wildman–Crippen MR) is 118 cm³/mol. The fraction of sp³-hybridized carbons (Fsp3) is 0.462. The number of amides is 1. The molecule has 7 heteroatoms. The normalized spacial score (nSPS) is 23.8. The lowest BCUT2D eigenvalue weighted by atomic mass is 9.88. The second kappa shape index (κ2) is 8.52. The number of carboxylic acid groups (broad SMARTS) is 1. The summed E-state index contributed by atoms with van der Waals surface area (Å²) in [5, 5.41) is 9.25. The molecule has 2 aliphatic heterocycles. The van der Waals surface area contributed by atoms with Gasteiger partial charge in [0.1, 0.15) is 6.10 Å². The molecule has 2 aromatic rings. The standard InChI is InChI=1S/C26H27F2NO4/c27-23(28)19-8-7-18(25(31)32)14-20(19)16-3-5-17(6-4-16)21-15-26(21)9-11-29(12-10-26)24(30)22-2-1-13-33-22/h3-8,14,21-23H,1-2,9-13,15H2,(H,31,32)/t21-,22?/m0/s1. The van der Waals surface area contributed by atoms with Crippen molar-refractivity contribution >= 4 is 11.9 Å². The average Bonchev–Trinajstić information content (AvgIpc) is 3.24. The van der Waals surface area contributed by atoms with Crippen LogP contribution in [0.4, 0.5) is 8.78 Å². The molecule has 1 spiro atoms. The molecule has 2 heterocycles. The first-order valence-electron chi connectivity index (χ1n) is 11.5. The third kappa shape index (κ3) is 4.14. The van der Waals surface area contributed by atoms with Crippen LogP contribution in [0.15, 0.2) is 42.5 Å². The second-order valence-corrected chi connectivity index (χ2v) is 9.48. The zero-order valence-electron chi connectivity index (χ0n) is 18.3. The van der Waals surface area contributed by atoms with Crippen LogP contribution in [0.1, 0.15) is 65.9 Å². The number of likely N-dealkylation sites (tertiary alicyclic amines) is 1. The summed E-state index contributed by atoms with van der Waals surface area (Å²) < 4.78 is 32.6. The van der Waals surface area contributed by atoms with Gasteiger partial charge in [0, 0.05) is 25.3 Å². The third-order valence-electron chi connectivity index (χ3n) is 7.63. The number of nitrogens with zero attached hydrogens (tertiary/aromatic N) is 1. The predicted octanol–water partition coefficient (Wildman–Crippen LogP) is 5.26. The minimum Gasteiger partial charge on any atom is -0.478 e. The average molecular weight is 456 g/mol. The molecular weight excluding hydrogens is 428 g/mol. The number of benzene rings is 2. The third-order valence-corrected chi connectivity index (χ3v) is 7.63. The van der Waals surface area contributed by atoms with E-state index in [0.717, 1.165) is 45.2 Å². The van der Waals surface area contributed by atoms with Gasteiger partial charge in [0.2, 0.25) is 0 Å². The SMILES string of the molecule is O=C(O)c1ccc(C(F)F)c(-c2ccc([C@@H]3CC34CCN(C(=O)C3CCCO3)CC4)cc2)c1. The van der Waals surface area contributed by atoms with Crippen LogP contribution in [0.3, 0.4) is 0 Å². The molecular formula is C26H27F2NO4. The Hall–Kier alpha value is -2.80. The van der Waals surface area contributed by atoms with E-state index in [1.807, 2.05) is 29.2 Å². The van der Waals surface area contributed by atoms with Crippen LogP contribution in [-0.2, 0) is 9.53 Å². The van der Waals surface area contributed by atoms with Crippen LogP contribution in [0, 0.1) is 5.41 Å². The van der Waals surface area contributed by atoms with Gasteiger partial charge in [-0.25, -0.2) is 13.6 Å². The Balaban J connectivity index is 1.28. The van der Waals surface area contributed by atoms with E-state index in [0.29, 0.717) is 18.1 Å². The lowest BCUT2D eigenvalue weighted by Gasteiger charge is -2.34. The zero-order chi connectivity index (χ0) is 23.2. The lowest BCUT2D eigenvalue weighted by Crippen LogP contribution is -2.44. The highest BCUT2D eigenvalue weighted by atomic mass is 19.3. The van der Waals surface area contributed by atoms with Gasteiger partial charge < -0.3 is 14.7 Å². The Kier molecular flexibility index (Phi) is 5.69. The molecule has 2 atom stereocenters. The molecule has 33 heavy (non-hydrogen) atoms. The van der Waals surface area contributed by atoms with E-state index in [1.54, 1.807) is 0 Å². The van der Waals surface area contributed by atoms with Gasteiger partial charge in [0.05, 0.1) is 5.56 Å². The summed E-state index contributed by atoms with van der Waals surface area (Å²) in [7, 11) is 0. The highest BCUT2D eigenvalue weighted by Gasteiger charge is 2.55. The summed E-state index contributed by atoms with van der Waals surface area (Å²) in [5.41, 5.74) is 2.05. The Morgan fingerprint density at radius 3 is 2.42 bits per heavy atom. The zero-order valence-corrected chi connectivity index (χ0v) is 18.3. The second-order valence-electron chi connectivity index (χ2n) is 9.48. The molecule has 0 bridgehead atoms. The number of aromatic carboxylic acids is 1. The fourth-order valence-electron chi connectivity index (χ4n) is 5.54. The van der Waals surface area contributed by atoms with Gasteiger partial charge in [-0.05, 0) is 72.3 Å². The summed E-state index contributed by atoms with van der Waals surface area (Å²) in [6, 6.07) is 11.3. The summed E-state index contributed by atoms with van der Waals surface area (Å²) in [6.07, 6.45) is 1.83. The van der Waals surface area contributed by atoms with E-state index in [2.05, 4.69) is 0 Å². The van der Waals surface area contributed by atoms with Crippen LogP contribution in [0.2, 0.25) is 0 Å². The van der Waals surface area contributed by atoms with Crippen LogP contribution in [0.25, 0.3) is 11.1 Å². The van der Waals surface area contributed by atoms with Gasteiger partial charge in [-0.2, -0.15) is 0 Å². The van der Waals surface area contributed by atoms with Crippen molar-refractivity contribution in [1.29, 1.82) is 0 Å². The number of carboxylic acids is 1. The van der Waals surface area contributed by atoms with Crippen LogP contribution >= 0.6 is 0 Å². The lowest BCUT2D eigenvalue weighted by molar-refractivity contribution is -0.142. The molecule has 2 saturated heterocycles. The number of hydrogen-bond acceptors (Lipinski definition) is 3. The van der Waals surface area contributed by atoms with Gasteiger partial charge in [0.15, 0.2) is 0 Å². The van der Waals surface area contributed by atoms with E-state index in [1.165, 1.54) is 23.8 Å². The highest BCUT2D eigenvalue weighted by Crippen LogP contribution is 2.65. The highest BCUT2D eigenvalue weighted by molar-refractivity contribution is 5.90. The van der Waals surface area contributed by atoms with Crippen LogP contribution in [0.5, 0.6) is 0 Å². The molecule has 1 saturated carbocycles. The number of halogens is 2. The Bertz CT molecular complexity index is 1050. The molecule has 1 unspecified atom stereocenters. The monoisotopic (exact) mass is 455 g/mol. The van der Waals surface area contributed by atoms with E-state index in [4.69, 9.17) is 4.74 Å². The number of hydrogen-bond donors (Lipinski definition) is 1. The Morgan fingerprint density at radius 2 is 1.82 bits per heavy atom. The summed E-state index contributed by atoms with van der Waals surface area (Å²) >= 11 is 0. The molecule has 1 aliphatic carbocycles. The van der Waals surface area contributed by atoms with E-state index in [-0.39, 0.29) is 34.1 Å². The molecule has 0 radical (unpaired) electrons. The molecule has 174 valence electrons. The molecule has 1 N–H and O–H groups in total. The first-order valence-corrected chi connectivity index (χ1v) is 11.5. The van der Waals surface area contributed by atoms with Crippen molar-refractivity contribution in [2.75, 3.05) is 19.7 Å². The Labute approximate surface area is 191 Å². The van der Waals surface area contributed by atoms with Crippen molar-refractivity contribution in [3.05, 3.63) is 59.2 Å². The number of piperidine rings is 1. The Morgan fingerprint density at radius 1 is 1.09 bits per heavy atom. The number of ether oxygens (including phenoxy) is 1. The summed E-state index contributed by atoms with van der Waals surface area (Å²) in [6.45, 7) is 2.19. The molecule has 3 fully saturated rings.